The van der Waals surface area contributed by atoms with E-state index in [1.807, 2.05) is 13.8 Å². The summed E-state index contributed by atoms with van der Waals surface area (Å²) in [6.45, 7) is 17.4. The van der Waals surface area contributed by atoms with E-state index in [-0.39, 0.29) is 30.9 Å². The van der Waals surface area contributed by atoms with Crippen LogP contribution < -0.4 is 14.4 Å². The maximum absolute atomic E-state index is 14.7. The van der Waals surface area contributed by atoms with Crippen molar-refractivity contribution < 1.29 is 36.6 Å². The molecule has 2 unspecified atom stereocenters. The van der Waals surface area contributed by atoms with E-state index in [4.69, 9.17) is 9.73 Å². The number of likely N-dealkylation sites (tertiary alicyclic amines) is 1. The molecule has 2 atom stereocenters. The molecule has 2 aromatic carbocycles. The molecule has 2 heterocycles. The van der Waals surface area contributed by atoms with Gasteiger partial charge in [0.15, 0.2) is 0 Å². The highest BCUT2D eigenvalue weighted by Gasteiger charge is 2.49. The van der Waals surface area contributed by atoms with Crippen molar-refractivity contribution in [2.24, 2.45) is 4.99 Å². The zero-order valence-electron chi connectivity index (χ0n) is 29.4. The van der Waals surface area contributed by atoms with Gasteiger partial charge in [-0.2, -0.15) is 0 Å². The fourth-order valence-electron chi connectivity index (χ4n) is 7.14. The molecule has 0 aromatic heterocycles. The molecule has 2 aliphatic rings. The number of ether oxygens (including phenoxy) is 2. The molecule has 1 fully saturated rings. The van der Waals surface area contributed by atoms with Gasteiger partial charge < -0.3 is 14.4 Å². The monoisotopic (exact) mass is 719 g/mol. The van der Waals surface area contributed by atoms with Crippen LogP contribution in [0.5, 0.6) is 11.5 Å². The number of alkyl halides is 3. The highest BCUT2D eigenvalue weighted by Crippen LogP contribution is 2.43. The molecule has 7 nitrogen and oxygen atoms in total. The molecule has 266 valence electrons. The third-order valence-corrected chi connectivity index (χ3v) is 16.9. The lowest BCUT2D eigenvalue weighted by atomic mass is 10.0. The summed E-state index contributed by atoms with van der Waals surface area (Å²) < 4.78 is 62.3. The summed E-state index contributed by atoms with van der Waals surface area (Å²) in [6.07, 6.45) is -4.80. The van der Waals surface area contributed by atoms with Gasteiger partial charge in [0.2, 0.25) is 5.91 Å². The molecule has 1 saturated heterocycles. The Bertz CT molecular complexity index is 1610. The van der Waals surface area contributed by atoms with Gasteiger partial charge in [-0.1, -0.05) is 65.4 Å². The number of hydrogen-bond donors (Lipinski definition) is 0. The number of nitrogens with zero attached hydrogens (tertiary/aromatic N) is 3. The first kappa shape index (κ1) is 38.3. The molecule has 0 aliphatic carbocycles. The zero-order chi connectivity index (χ0) is 36.5. The number of carbonyl (C=O) groups is 2. The number of rotatable bonds is 10. The van der Waals surface area contributed by atoms with Crippen molar-refractivity contribution in [2.75, 3.05) is 18.6 Å². The normalized spacial score (nSPS) is 19.3. The van der Waals surface area contributed by atoms with Gasteiger partial charge in [-0.25, -0.2) is 4.39 Å². The number of aliphatic imine (C=N–C) groups is 1. The smallest absolute Gasteiger partial charge is 0.497 e. The van der Waals surface area contributed by atoms with Crippen molar-refractivity contribution in [1.82, 2.24) is 4.90 Å². The van der Waals surface area contributed by atoms with Crippen molar-refractivity contribution in [1.29, 1.82) is 0 Å². The van der Waals surface area contributed by atoms with Crippen LogP contribution in [0.25, 0.3) is 0 Å². The first-order chi connectivity index (χ1) is 22.8. The second kappa shape index (κ2) is 14.8. The molecule has 0 bridgehead atoms. The third-order valence-electron chi connectivity index (χ3n) is 9.47. The van der Waals surface area contributed by atoms with E-state index in [1.165, 1.54) is 42.0 Å². The number of anilines is 1. The van der Waals surface area contributed by atoms with E-state index >= 15 is 0 Å². The van der Waals surface area contributed by atoms with E-state index in [1.54, 1.807) is 17.0 Å². The highest BCUT2D eigenvalue weighted by molar-refractivity contribution is 8.16. The number of methoxy groups -OCH3 is 1. The molecule has 49 heavy (non-hydrogen) atoms. The summed E-state index contributed by atoms with van der Waals surface area (Å²) in [6, 6.07) is 7.26. The highest BCUT2D eigenvalue weighted by atomic mass is 32.2. The summed E-state index contributed by atoms with van der Waals surface area (Å²) in [7, 11) is -0.830. The topological polar surface area (TPSA) is 71.4 Å². The molecule has 4 rings (SSSR count). The van der Waals surface area contributed by atoms with Crippen LogP contribution in [0.15, 0.2) is 47.5 Å². The minimum atomic E-state index is -5.00. The van der Waals surface area contributed by atoms with Gasteiger partial charge in [-0.15, -0.1) is 18.7 Å². The molecule has 0 spiro atoms. The van der Waals surface area contributed by atoms with Crippen LogP contribution >= 0.6 is 11.8 Å². The van der Waals surface area contributed by atoms with Crippen LogP contribution in [0.4, 0.5) is 23.2 Å². The number of halogens is 4. The number of thioether (sulfide) groups is 1. The SMILES string of the molecule is COc1cc(OC(F)(F)F)cc(N(C(=O)C2N=C(C#C[Si](C(C)C)(C(C)C)C(C)C)SC2(C)C)C2CCN(Cc3ccc(F)cc3)C2=O)c1. The molecule has 0 N–H and O–H groups in total. The van der Waals surface area contributed by atoms with Gasteiger partial charge in [0.25, 0.3) is 5.91 Å². The third kappa shape index (κ3) is 8.45. The Hall–Kier alpha value is -3.50. The average molecular weight is 720 g/mol. The average Bonchev–Trinajstić information content (AvgIpc) is 3.50. The summed E-state index contributed by atoms with van der Waals surface area (Å²) in [4.78, 5) is 36.3. The summed E-state index contributed by atoms with van der Waals surface area (Å²) in [5.74, 6) is 1.40. The Balaban J connectivity index is 1.79. The molecule has 2 aliphatic heterocycles. The Morgan fingerprint density at radius 1 is 1.06 bits per heavy atom. The molecular weight excluding hydrogens is 675 g/mol. The van der Waals surface area contributed by atoms with Crippen molar-refractivity contribution in [3.63, 3.8) is 0 Å². The first-order valence-electron chi connectivity index (χ1n) is 16.4. The van der Waals surface area contributed by atoms with E-state index in [9.17, 15) is 27.2 Å². The van der Waals surface area contributed by atoms with Crippen LogP contribution in [-0.4, -0.2) is 66.7 Å². The second-order valence-corrected chi connectivity index (χ2v) is 21.2. The van der Waals surface area contributed by atoms with Gasteiger partial charge >= 0.3 is 6.36 Å². The standard InChI is InChI=1S/C36H45F4N3O4SSi/c1-22(2)49(23(3)4,24(5)6)17-15-31-41-32(35(7,8)48-31)34(45)43(27-18-28(46-9)20-29(19-27)47-36(38,39)40)30-14-16-42(33(30)44)21-25-10-12-26(37)13-11-25/h10-13,18-20,22-24,30,32H,14,16,21H2,1-9H3. The Labute approximate surface area is 291 Å². The number of amides is 2. The molecule has 2 amide bonds. The number of hydrogen-bond acceptors (Lipinski definition) is 6. The van der Waals surface area contributed by atoms with Gasteiger partial charge in [0.1, 0.15) is 42.5 Å². The lowest BCUT2D eigenvalue weighted by Crippen LogP contribution is -2.52. The van der Waals surface area contributed by atoms with E-state index < -0.39 is 54.6 Å². The van der Waals surface area contributed by atoms with Crippen molar-refractivity contribution in [3.8, 4) is 23.0 Å². The van der Waals surface area contributed by atoms with Crippen LogP contribution in [0.1, 0.15) is 67.4 Å². The second-order valence-electron chi connectivity index (χ2n) is 14.0. The largest absolute Gasteiger partial charge is 0.573 e. The van der Waals surface area contributed by atoms with Crippen LogP contribution in [0.2, 0.25) is 16.6 Å². The zero-order valence-corrected chi connectivity index (χ0v) is 31.3. The summed E-state index contributed by atoms with van der Waals surface area (Å²) >= 11 is 1.39. The van der Waals surface area contributed by atoms with Crippen LogP contribution in [0.3, 0.4) is 0 Å². The van der Waals surface area contributed by atoms with E-state index in [0.717, 1.165) is 12.1 Å². The maximum Gasteiger partial charge on any atom is 0.573 e. The molecule has 2 aromatic rings. The Morgan fingerprint density at radius 2 is 1.65 bits per heavy atom. The van der Waals surface area contributed by atoms with E-state index in [2.05, 4.69) is 57.7 Å². The fraction of sp³-hybridized carbons (Fsp3) is 0.528. The van der Waals surface area contributed by atoms with Gasteiger partial charge in [0, 0.05) is 36.0 Å². The minimum Gasteiger partial charge on any atom is -0.497 e. The Morgan fingerprint density at radius 3 is 2.20 bits per heavy atom. The quantitative estimate of drug-likeness (QED) is 0.140. The molecule has 0 radical (unpaired) electrons. The predicted molar refractivity (Wildman–Crippen MR) is 189 cm³/mol. The lowest BCUT2D eigenvalue weighted by molar-refractivity contribution is -0.274. The van der Waals surface area contributed by atoms with Crippen LogP contribution in [0, 0.1) is 17.3 Å². The van der Waals surface area contributed by atoms with Gasteiger partial charge in [-0.05, 0) is 60.5 Å². The molecular formula is C36H45F4N3O4SSi. The van der Waals surface area contributed by atoms with Crippen molar-refractivity contribution in [3.05, 3.63) is 53.8 Å². The summed E-state index contributed by atoms with van der Waals surface area (Å²) in [5.41, 5.74) is 5.53. The minimum absolute atomic E-state index is 0.00645. The predicted octanol–water partition coefficient (Wildman–Crippen LogP) is 8.38. The van der Waals surface area contributed by atoms with Crippen molar-refractivity contribution >= 4 is 42.4 Å². The fourth-order valence-corrected chi connectivity index (χ4v) is 13.5. The van der Waals surface area contributed by atoms with Gasteiger partial charge in [-0.3, -0.25) is 19.5 Å². The molecule has 0 saturated carbocycles. The first-order valence-corrected chi connectivity index (χ1v) is 19.4. The number of benzene rings is 2. The van der Waals surface area contributed by atoms with Crippen LogP contribution in [-0.2, 0) is 16.1 Å². The van der Waals surface area contributed by atoms with Gasteiger partial charge in [0.05, 0.1) is 12.8 Å². The lowest BCUT2D eigenvalue weighted by Gasteiger charge is -2.38. The maximum atomic E-state index is 14.7. The Kier molecular flexibility index (Phi) is 11.5. The van der Waals surface area contributed by atoms with E-state index in [0.29, 0.717) is 27.2 Å². The van der Waals surface area contributed by atoms with Crippen molar-refractivity contribution in [2.45, 2.75) is 108 Å². The number of carbonyl (C=O) groups excluding carboxylic acids is 2. The summed E-state index contributed by atoms with van der Waals surface area (Å²) in [5, 5.41) is 0.518. The molecule has 13 heteroatoms.